The third-order valence-electron chi connectivity index (χ3n) is 3.71. The van der Waals surface area contributed by atoms with Gasteiger partial charge in [0, 0.05) is 40.7 Å². The van der Waals surface area contributed by atoms with Gasteiger partial charge in [-0.3, -0.25) is 4.79 Å². The molecule has 0 radical (unpaired) electrons. The Morgan fingerprint density at radius 2 is 1.96 bits per heavy atom. The summed E-state index contributed by atoms with van der Waals surface area (Å²) in [7, 11) is -1.58. The standard InChI is InChI=1S/C18H20FNO3S2/c1-13(12-25(3,22)23)20(2)18(21)11-9-14-8-10-17(24-14)15-6-4-5-7-16(15)19/h4-11,13H,12H2,1-3H3. The van der Waals surface area contributed by atoms with Gasteiger partial charge in [0.05, 0.1) is 5.75 Å². The minimum atomic E-state index is -3.15. The molecule has 0 saturated heterocycles. The summed E-state index contributed by atoms with van der Waals surface area (Å²) in [6.07, 6.45) is 4.20. The van der Waals surface area contributed by atoms with E-state index < -0.39 is 15.9 Å². The molecule has 1 amide bonds. The lowest BCUT2D eigenvalue weighted by Gasteiger charge is -2.22. The molecule has 134 valence electrons. The molecule has 7 heteroatoms. The van der Waals surface area contributed by atoms with Gasteiger partial charge in [-0.1, -0.05) is 18.2 Å². The van der Waals surface area contributed by atoms with Crippen LogP contribution in [0.4, 0.5) is 4.39 Å². The molecule has 0 aliphatic rings. The van der Waals surface area contributed by atoms with Crippen molar-refractivity contribution in [1.82, 2.24) is 4.90 Å². The summed E-state index contributed by atoms with van der Waals surface area (Å²) in [4.78, 5) is 15.2. The highest BCUT2D eigenvalue weighted by Crippen LogP contribution is 2.30. The minimum Gasteiger partial charge on any atom is -0.338 e. The fourth-order valence-corrected chi connectivity index (χ4v) is 4.32. The van der Waals surface area contributed by atoms with Gasteiger partial charge < -0.3 is 4.90 Å². The van der Waals surface area contributed by atoms with Crippen LogP contribution in [-0.4, -0.2) is 44.3 Å². The highest BCUT2D eigenvalue weighted by atomic mass is 32.2. The molecular weight excluding hydrogens is 361 g/mol. The van der Waals surface area contributed by atoms with Crippen LogP contribution in [0, 0.1) is 5.82 Å². The van der Waals surface area contributed by atoms with Crippen LogP contribution in [0.5, 0.6) is 0 Å². The third kappa shape index (κ3) is 5.51. The minimum absolute atomic E-state index is 0.0838. The highest BCUT2D eigenvalue weighted by molar-refractivity contribution is 7.90. The van der Waals surface area contributed by atoms with Crippen molar-refractivity contribution in [2.75, 3.05) is 19.1 Å². The molecule has 0 N–H and O–H groups in total. The predicted octanol–water partition coefficient (Wildman–Crippen LogP) is 3.46. The lowest BCUT2D eigenvalue weighted by molar-refractivity contribution is -0.126. The Balaban J connectivity index is 2.07. The van der Waals surface area contributed by atoms with Crippen LogP contribution in [0.2, 0.25) is 0 Å². The van der Waals surface area contributed by atoms with E-state index in [0.29, 0.717) is 5.56 Å². The largest absolute Gasteiger partial charge is 0.338 e. The molecule has 0 bridgehead atoms. The second-order valence-corrected chi connectivity index (χ2v) is 9.21. The Hall–Kier alpha value is -1.99. The number of sulfone groups is 1. The van der Waals surface area contributed by atoms with Gasteiger partial charge in [0.1, 0.15) is 15.7 Å². The topological polar surface area (TPSA) is 54.5 Å². The molecule has 25 heavy (non-hydrogen) atoms. The van der Waals surface area contributed by atoms with E-state index in [4.69, 9.17) is 0 Å². The number of thiophene rings is 1. The first kappa shape index (κ1) is 19.3. The number of hydrogen-bond acceptors (Lipinski definition) is 4. The summed E-state index contributed by atoms with van der Waals surface area (Å²) in [5, 5.41) is 0. The SMILES string of the molecule is CC(CS(C)(=O)=O)N(C)C(=O)C=Cc1ccc(-c2ccccc2F)s1. The van der Waals surface area contributed by atoms with Gasteiger partial charge in [-0.05, 0) is 31.2 Å². The maximum Gasteiger partial charge on any atom is 0.246 e. The molecule has 0 aliphatic heterocycles. The zero-order valence-electron chi connectivity index (χ0n) is 14.3. The second-order valence-electron chi connectivity index (χ2n) is 5.91. The van der Waals surface area contributed by atoms with E-state index in [9.17, 15) is 17.6 Å². The molecule has 0 spiro atoms. The van der Waals surface area contributed by atoms with Gasteiger partial charge in [-0.25, -0.2) is 12.8 Å². The average Bonchev–Trinajstić information content (AvgIpc) is 2.99. The van der Waals surface area contributed by atoms with Crippen LogP contribution < -0.4 is 0 Å². The van der Waals surface area contributed by atoms with Gasteiger partial charge in [-0.15, -0.1) is 11.3 Å². The maximum atomic E-state index is 13.8. The zero-order chi connectivity index (χ0) is 18.6. The van der Waals surface area contributed by atoms with Crippen molar-refractivity contribution in [1.29, 1.82) is 0 Å². The summed E-state index contributed by atoms with van der Waals surface area (Å²) in [6, 6.07) is 9.74. The molecule has 4 nitrogen and oxygen atoms in total. The molecule has 1 unspecified atom stereocenters. The number of hydrogen-bond donors (Lipinski definition) is 0. The van der Waals surface area contributed by atoms with Crippen LogP contribution >= 0.6 is 11.3 Å². The Bertz CT molecular complexity index is 887. The van der Waals surface area contributed by atoms with Gasteiger partial charge in [0.2, 0.25) is 5.91 Å². The zero-order valence-corrected chi connectivity index (χ0v) is 15.9. The van der Waals surface area contributed by atoms with E-state index in [1.54, 1.807) is 38.2 Å². The van der Waals surface area contributed by atoms with E-state index in [2.05, 4.69) is 0 Å². The van der Waals surface area contributed by atoms with Gasteiger partial charge in [-0.2, -0.15) is 0 Å². The van der Waals surface area contributed by atoms with Crippen molar-refractivity contribution < 1.29 is 17.6 Å². The predicted molar refractivity (Wildman–Crippen MR) is 101 cm³/mol. The average molecular weight is 381 g/mol. The summed E-state index contributed by atoms with van der Waals surface area (Å²) in [6.45, 7) is 1.69. The number of benzene rings is 1. The molecule has 2 rings (SSSR count). The monoisotopic (exact) mass is 381 g/mol. The molecule has 1 atom stereocenters. The molecule has 1 aromatic heterocycles. The maximum absolute atomic E-state index is 13.8. The van der Waals surface area contributed by atoms with Crippen molar-refractivity contribution in [2.24, 2.45) is 0 Å². The van der Waals surface area contributed by atoms with E-state index in [1.165, 1.54) is 28.4 Å². The summed E-state index contributed by atoms with van der Waals surface area (Å²) in [5.41, 5.74) is 0.525. The number of amides is 1. The Kier molecular flexibility index (Phi) is 6.13. The number of halogens is 1. The van der Waals surface area contributed by atoms with E-state index >= 15 is 0 Å². The van der Waals surface area contributed by atoms with Crippen molar-refractivity contribution in [3.05, 3.63) is 53.2 Å². The molecule has 1 heterocycles. The lowest BCUT2D eigenvalue weighted by Crippen LogP contribution is -2.38. The molecule has 0 fully saturated rings. The molecular formula is C18H20FNO3S2. The first-order valence-corrected chi connectivity index (χ1v) is 10.5. The van der Waals surface area contributed by atoms with Crippen molar-refractivity contribution in [2.45, 2.75) is 13.0 Å². The van der Waals surface area contributed by atoms with Crippen LogP contribution in [0.1, 0.15) is 11.8 Å². The fourth-order valence-electron chi connectivity index (χ4n) is 2.29. The highest BCUT2D eigenvalue weighted by Gasteiger charge is 2.18. The third-order valence-corrected chi connectivity index (χ3v) is 5.88. The first-order valence-electron chi connectivity index (χ1n) is 7.64. The van der Waals surface area contributed by atoms with Crippen molar-refractivity contribution in [3.8, 4) is 10.4 Å². The fraction of sp³-hybridized carbons (Fsp3) is 0.278. The van der Waals surface area contributed by atoms with E-state index in [-0.39, 0.29) is 17.5 Å². The number of carbonyl (C=O) groups excluding carboxylic acids is 1. The van der Waals surface area contributed by atoms with Crippen LogP contribution in [-0.2, 0) is 14.6 Å². The van der Waals surface area contributed by atoms with Crippen molar-refractivity contribution in [3.63, 3.8) is 0 Å². The lowest BCUT2D eigenvalue weighted by atomic mass is 10.2. The van der Waals surface area contributed by atoms with Crippen LogP contribution in [0.15, 0.2) is 42.5 Å². The number of nitrogens with zero attached hydrogens (tertiary/aromatic N) is 1. The van der Waals surface area contributed by atoms with Gasteiger partial charge in [0.25, 0.3) is 0 Å². The van der Waals surface area contributed by atoms with Crippen molar-refractivity contribution >= 4 is 33.2 Å². The second kappa shape index (κ2) is 7.93. The number of carbonyl (C=O) groups is 1. The molecule has 1 aromatic carbocycles. The summed E-state index contributed by atoms with van der Waals surface area (Å²) in [5.74, 6) is -0.651. The van der Waals surface area contributed by atoms with Gasteiger partial charge >= 0.3 is 0 Å². The quantitative estimate of drug-likeness (QED) is 0.720. The Morgan fingerprint density at radius 3 is 2.60 bits per heavy atom. The van der Waals surface area contributed by atoms with E-state index in [0.717, 1.165) is 16.0 Å². The summed E-state index contributed by atoms with van der Waals surface area (Å²) >= 11 is 1.38. The normalized spacial score (nSPS) is 13.1. The molecule has 0 saturated carbocycles. The smallest absolute Gasteiger partial charge is 0.246 e. The Morgan fingerprint density at radius 1 is 1.28 bits per heavy atom. The van der Waals surface area contributed by atoms with Crippen LogP contribution in [0.3, 0.4) is 0 Å². The Labute approximate surface area is 151 Å². The first-order chi connectivity index (χ1) is 11.7. The molecule has 2 aromatic rings. The summed E-state index contributed by atoms with van der Waals surface area (Å²) < 4.78 is 36.5. The number of likely N-dealkylation sites (N-methyl/N-ethyl adjacent to an activating group) is 1. The molecule has 0 aliphatic carbocycles. The van der Waals surface area contributed by atoms with Crippen LogP contribution in [0.25, 0.3) is 16.5 Å². The van der Waals surface area contributed by atoms with E-state index in [1.807, 2.05) is 12.1 Å². The number of rotatable bonds is 6. The van der Waals surface area contributed by atoms with Gasteiger partial charge in [0.15, 0.2) is 0 Å².